The first-order valence-electron chi connectivity index (χ1n) is 10.7. The maximum Gasteiger partial charge on any atom is 0.339 e. The van der Waals surface area contributed by atoms with Gasteiger partial charge in [0.15, 0.2) is 5.12 Å². The van der Waals surface area contributed by atoms with E-state index in [1.54, 1.807) is 0 Å². The van der Waals surface area contributed by atoms with Gasteiger partial charge in [-0.3, -0.25) is 9.59 Å². The standard InChI is InChI=1S/C25H24F2O7S2/c1-13(28)7-16(11-35)25(33)36-12-17(8-14(2)29)24(32)34-22-6-3-15(9-20(22)23(30)31)19-5-4-18(26)10-21(19)27/h3-6,9-10,16-17,35H,7-8,11-12H2,1-2H3,(H,30,31). The second kappa shape index (κ2) is 13.3. The summed E-state index contributed by atoms with van der Waals surface area (Å²) >= 11 is 4.85. The first-order chi connectivity index (χ1) is 16.9. The molecule has 7 nitrogen and oxygen atoms in total. The Morgan fingerprint density at radius 3 is 2.17 bits per heavy atom. The van der Waals surface area contributed by atoms with Crippen LogP contribution < -0.4 is 4.74 Å². The molecule has 0 aliphatic heterocycles. The van der Waals surface area contributed by atoms with Crippen molar-refractivity contribution < 1.29 is 42.6 Å². The number of hydrogen-bond donors (Lipinski definition) is 2. The van der Waals surface area contributed by atoms with Gasteiger partial charge in [0.2, 0.25) is 0 Å². The second-order valence-corrected chi connectivity index (χ2v) is 9.47. The van der Waals surface area contributed by atoms with E-state index in [1.807, 2.05) is 0 Å². The van der Waals surface area contributed by atoms with Crippen LogP contribution in [0.2, 0.25) is 0 Å². The van der Waals surface area contributed by atoms with Crippen molar-refractivity contribution in [3.63, 3.8) is 0 Å². The molecule has 2 unspecified atom stereocenters. The van der Waals surface area contributed by atoms with E-state index in [0.29, 0.717) is 6.07 Å². The monoisotopic (exact) mass is 538 g/mol. The fraction of sp³-hybridized carbons (Fsp3) is 0.320. The number of benzene rings is 2. The fourth-order valence-corrected chi connectivity index (χ4v) is 4.74. The van der Waals surface area contributed by atoms with Crippen LogP contribution in [0.25, 0.3) is 11.1 Å². The number of rotatable bonds is 12. The zero-order chi connectivity index (χ0) is 27.0. The highest BCUT2D eigenvalue weighted by Crippen LogP contribution is 2.30. The van der Waals surface area contributed by atoms with E-state index in [0.717, 1.165) is 36.0 Å². The van der Waals surface area contributed by atoms with Crippen molar-refractivity contribution in [3.05, 3.63) is 53.6 Å². The number of hydrogen-bond acceptors (Lipinski definition) is 8. The third kappa shape index (κ3) is 8.27. The van der Waals surface area contributed by atoms with Gasteiger partial charge in [-0.15, -0.1) is 0 Å². The predicted molar refractivity (Wildman–Crippen MR) is 133 cm³/mol. The maximum absolute atomic E-state index is 14.2. The maximum atomic E-state index is 14.2. The van der Waals surface area contributed by atoms with E-state index in [2.05, 4.69) is 12.6 Å². The minimum absolute atomic E-state index is 0.000124. The Hall–Kier alpha value is -3.05. The van der Waals surface area contributed by atoms with Gasteiger partial charge < -0.3 is 19.4 Å². The molecule has 0 fully saturated rings. The third-order valence-corrected chi connectivity index (χ3v) is 6.67. The zero-order valence-electron chi connectivity index (χ0n) is 19.5. The Kier molecular flexibility index (Phi) is 10.8. The smallest absolute Gasteiger partial charge is 0.339 e. The first-order valence-corrected chi connectivity index (χ1v) is 12.4. The van der Waals surface area contributed by atoms with Gasteiger partial charge in [-0.2, -0.15) is 12.6 Å². The fourth-order valence-electron chi connectivity index (χ4n) is 3.30. The van der Waals surface area contributed by atoms with Gasteiger partial charge in [-0.05, 0) is 43.7 Å². The SMILES string of the molecule is CC(=O)CC(CSC(=O)C(CS)CC(C)=O)C(=O)Oc1ccc(-c2ccc(F)cc2F)cc1C(=O)O. The number of aromatic carboxylic acids is 1. The number of ether oxygens (including phenoxy) is 1. The summed E-state index contributed by atoms with van der Waals surface area (Å²) in [6.07, 6.45) is -0.251. The Balaban J connectivity index is 2.25. The minimum Gasteiger partial charge on any atom is -0.478 e. The lowest BCUT2D eigenvalue weighted by molar-refractivity contribution is -0.140. The van der Waals surface area contributed by atoms with Crippen LogP contribution in [0.3, 0.4) is 0 Å². The number of thiol groups is 1. The Bertz CT molecular complexity index is 1180. The summed E-state index contributed by atoms with van der Waals surface area (Å²) in [6, 6.07) is 6.38. The van der Waals surface area contributed by atoms with Crippen molar-refractivity contribution in [2.75, 3.05) is 11.5 Å². The predicted octanol–water partition coefficient (Wildman–Crippen LogP) is 4.62. The summed E-state index contributed by atoms with van der Waals surface area (Å²) in [6.45, 7) is 2.60. The lowest BCUT2D eigenvalue weighted by Crippen LogP contribution is -2.27. The summed E-state index contributed by atoms with van der Waals surface area (Å²) in [5.41, 5.74) is -0.383. The highest BCUT2D eigenvalue weighted by Gasteiger charge is 2.28. The molecule has 0 bridgehead atoms. The normalized spacial score (nSPS) is 12.5. The molecule has 2 aromatic carbocycles. The molecule has 11 heteroatoms. The van der Waals surface area contributed by atoms with Gasteiger partial charge in [0.25, 0.3) is 0 Å². The minimum atomic E-state index is -1.46. The quantitative estimate of drug-likeness (QED) is 0.229. The number of thioether (sulfide) groups is 1. The lowest BCUT2D eigenvalue weighted by Gasteiger charge is -2.17. The lowest BCUT2D eigenvalue weighted by atomic mass is 10.0. The molecule has 2 atom stereocenters. The van der Waals surface area contributed by atoms with Crippen LogP contribution in [0.4, 0.5) is 8.78 Å². The average Bonchev–Trinajstić information content (AvgIpc) is 2.79. The molecule has 0 radical (unpaired) electrons. The summed E-state index contributed by atoms with van der Waals surface area (Å²) in [4.78, 5) is 60.1. The molecule has 2 aromatic rings. The zero-order valence-corrected chi connectivity index (χ0v) is 21.2. The van der Waals surface area contributed by atoms with E-state index < -0.39 is 41.0 Å². The molecular formula is C25H24F2O7S2. The van der Waals surface area contributed by atoms with E-state index >= 15 is 0 Å². The summed E-state index contributed by atoms with van der Waals surface area (Å²) in [7, 11) is 0. The molecule has 2 rings (SSSR count). The highest BCUT2D eigenvalue weighted by molar-refractivity contribution is 8.13. The van der Waals surface area contributed by atoms with Gasteiger partial charge in [0, 0.05) is 41.9 Å². The molecule has 0 aliphatic carbocycles. The van der Waals surface area contributed by atoms with Gasteiger partial charge in [-0.1, -0.05) is 17.8 Å². The molecule has 36 heavy (non-hydrogen) atoms. The Morgan fingerprint density at radius 2 is 1.61 bits per heavy atom. The van der Waals surface area contributed by atoms with E-state index in [9.17, 15) is 37.9 Å². The summed E-state index contributed by atoms with van der Waals surface area (Å²) in [5, 5.41) is 9.24. The van der Waals surface area contributed by atoms with Gasteiger partial charge >= 0.3 is 11.9 Å². The molecule has 0 spiro atoms. The van der Waals surface area contributed by atoms with Crippen molar-refractivity contribution in [1.29, 1.82) is 0 Å². The number of carboxylic acids is 1. The molecule has 0 aliphatic rings. The molecule has 1 N–H and O–H groups in total. The molecule has 0 saturated heterocycles. The largest absolute Gasteiger partial charge is 0.478 e. The third-order valence-electron chi connectivity index (χ3n) is 5.04. The number of carbonyl (C=O) groups excluding carboxylic acids is 4. The van der Waals surface area contributed by atoms with Crippen molar-refractivity contribution >= 4 is 53.0 Å². The van der Waals surface area contributed by atoms with E-state index in [-0.39, 0.29) is 57.9 Å². The molecule has 0 amide bonds. The van der Waals surface area contributed by atoms with Gasteiger partial charge in [0.1, 0.15) is 34.5 Å². The molecule has 0 heterocycles. The van der Waals surface area contributed by atoms with Gasteiger partial charge in [0.05, 0.1) is 5.92 Å². The van der Waals surface area contributed by atoms with Crippen LogP contribution in [0.5, 0.6) is 5.75 Å². The highest BCUT2D eigenvalue weighted by atomic mass is 32.2. The number of esters is 1. The summed E-state index contributed by atoms with van der Waals surface area (Å²) in [5.74, 6) is -6.66. The average molecular weight is 539 g/mol. The van der Waals surface area contributed by atoms with Crippen LogP contribution in [0.15, 0.2) is 36.4 Å². The number of halogens is 2. The number of Topliss-reactive ketones (excluding diaryl/α,β-unsaturated/α-hetero) is 2. The Morgan fingerprint density at radius 1 is 0.972 bits per heavy atom. The Labute approximate surface area is 216 Å². The van der Waals surface area contributed by atoms with Gasteiger partial charge in [-0.25, -0.2) is 13.6 Å². The van der Waals surface area contributed by atoms with Crippen molar-refractivity contribution in [2.45, 2.75) is 26.7 Å². The number of ketones is 2. The number of carboxylic acid groups (broad SMARTS) is 1. The van der Waals surface area contributed by atoms with Crippen molar-refractivity contribution in [1.82, 2.24) is 0 Å². The molecule has 0 aromatic heterocycles. The topological polar surface area (TPSA) is 115 Å². The molecule has 192 valence electrons. The van der Waals surface area contributed by atoms with E-state index in [1.165, 1.54) is 19.9 Å². The molecular weight excluding hydrogens is 514 g/mol. The van der Waals surface area contributed by atoms with Crippen LogP contribution in [-0.4, -0.2) is 45.2 Å². The second-order valence-electron chi connectivity index (χ2n) is 8.08. The first kappa shape index (κ1) is 29.2. The summed E-state index contributed by atoms with van der Waals surface area (Å²) < 4.78 is 32.6. The van der Waals surface area contributed by atoms with E-state index in [4.69, 9.17) is 4.74 Å². The van der Waals surface area contributed by atoms with Crippen molar-refractivity contribution in [2.24, 2.45) is 11.8 Å². The molecule has 0 saturated carbocycles. The van der Waals surface area contributed by atoms with Crippen LogP contribution in [-0.2, 0) is 19.2 Å². The van der Waals surface area contributed by atoms with Crippen molar-refractivity contribution in [3.8, 4) is 16.9 Å². The van der Waals surface area contributed by atoms with Crippen LogP contribution in [0, 0.1) is 23.5 Å². The van der Waals surface area contributed by atoms with Crippen LogP contribution in [0.1, 0.15) is 37.0 Å². The van der Waals surface area contributed by atoms with Crippen LogP contribution >= 0.6 is 24.4 Å². The number of carbonyl (C=O) groups is 5.